The van der Waals surface area contributed by atoms with Crippen LogP contribution in [0.4, 0.5) is 0 Å². The second kappa shape index (κ2) is 8.51. The smallest absolute Gasteiger partial charge is 0.469 e. The molecule has 0 radical (unpaired) electrons. The molecule has 2 heterocycles. The maximum Gasteiger partial charge on any atom is 0.469 e. The lowest BCUT2D eigenvalue weighted by atomic mass is 9.85. The molecule has 32 heavy (non-hydrogen) atoms. The summed E-state index contributed by atoms with van der Waals surface area (Å²) in [5, 5.41) is 21.2. The van der Waals surface area contributed by atoms with E-state index >= 15 is 0 Å². The van der Waals surface area contributed by atoms with Crippen molar-refractivity contribution >= 4 is 30.4 Å². The third-order valence-corrected chi connectivity index (χ3v) is 6.17. The number of phenolic OH excluding ortho intramolecular Hbond substituents is 2. The molecule has 0 saturated carbocycles. The Hall–Kier alpha value is -2.39. The summed E-state index contributed by atoms with van der Waals surface area (Å²) in [6, 6.07) is 8.62. The van der Waals surface area contributed by atoms with Gasteiger partial charge in [0.1, 0.15) is 28.2 Å². The van der Waals surface area contributed by atoms with Crippen LogP contribution in [0.5, 0.6) is 11.5 Å². The molecule has 0 amide bonds. The SMILES string of the molecule is [2H][C@]1(c2c(O)cc(O)c3c(=O)cc(-c4ccccc4Cl)oc23)CCN(C)C[C@H]1OP(=O)(O)O. The number of aromatic hydroxyl groups is 2. The first kappa shape index (κ1) is 21.5. The Morgan fingerprint density at radius 2 is 1.97 bits per heavy atom. The summed E-state index contributed by atoms with van der Waals surface area (Å²) in [6.45, 7) is 0.297. The second-order valence-electron chi connectivity index (χ2n) is 7.57. The number of nitrogens with zero attached hydrogens (tertiary/aromatic N) is 1. The zero-order valence-electron chi connectivity index (χ0n) is 17.9. The summed E-state index contributed by atoms with van der Waals surface area (Å²) in [5.41, 5.74) is -0.770. The van der Waals surface area contributed by atoms with E-state index < -0.39 is 36.7 Å². The molecule has 1 aromatic heterocycles. The molecule has 0 bridgehead atoms. The minimum atomic E-state index is -5.01. The Kier molecular flexibility index (Phi) is 5.71. The van der Waals surface area contributed by atoms with Gasteiger partial charge in [0.15, 0.2) is 5.43 Å². The van der Waals surface area contributed by atoms with Gasteiger partial charge in [-0.15, -0.1) is 0 Å². The first-order valence-corrected chi connectivity index (χ1v) is 11.5. The highest BCUT2D eigenvalue weighted by Crippen LogP contribution is 2.47. The number of hydrogen-bond donors (Lipinski definition) is 4. The molecule has 170 valence electrons. The van der Waals surface area contributed by atoms with E-state index in [-0.39, 0.29) is 40.3 Å². The highest BCUT2D eigenvalue weighted by atomic mass is 35.5. The predicted octanol–water partition coefficient (Wildman–Crippen LogP) is 3.42. The van der Waals surface area contributed by atoms with Crippen molar-refractivity contribution in [3.63, 3.8) is 0 Å². The molecule has 0 unspecified atom stereocenters. The molecule has 0 aliphatic carbocycles. The van der Waals surface area contributed by atoms with Crippen LogP contribution in [0.25, 0.3) is 22.3 Å². The topological polar surface area (TPSA) is 141 Å². The molecule has 2 aromatic carbocycles. The number of fused-ring (bicyclic) bond motifs is 1. The number of rotatable bonds is 4. The van der Waals surface area contributed by atoms with Crippen LogP contribution in [-0.4, -0.2) is 51.1 Å². The third-order valence-electron chi connectivity index (χ3n) is 5.31. The van der Waals surface area contributed by atoms with Crippen LogP contribution >= 0.6 is 19.4 Å². The minimum absolute atomic E-state index is 0.0123. The fourth-order valence-corrected chi connectivity index (χ4v) is 4.67. The van der Waals surface area contributed by atoms with Gasteiger partial charge in [-0.05, 0) is 32.1 Å². The van der Waals surface area contributed by atoms with Crippen LogP contribution in [-0.2, 0) is 9.09 Å². The Labute approximate surface area is 189 Å². The molecule has 1 aliphatic heterocycles. The Morgan fingerprint density at radius 3 is 2.66 bits per heavy atom. The van der Waals surface area contributed by atoms with Gasteiger partial charge >= 0.3 is 7.82 Å². The van der Waals surface area contributed by atoms with Crippen molar-refractivity contribution in [2.45, 2.75) is 18.4 Å². The van der Waals surface area contributed by atoms with Gasteiger partial charge < -0.3 is 29.3 Å². The van der Waals surface area contributed by atoms with Gasteiger partial charge in [-0.1, -0.05) is 23.7 Å². The average Bonchev–Trinajstić information content (AvgIpc) is 2.69. The molecule has 4 rings (SSSR count). The van der Waals surface area contributed by atoms with Crippen LogP contribution in [0.3, 0.4) is 0 Å². The largest absolute Gasteiger partial charge is 0.507 e. The van der Waals surface area contributed by atoms with Gasteiger partial charge in [0.05, 0.1) is 11.1 Å². The van der Waals surface area contributed by atoms with E-state index in [1.54, 1.807) is 36.2 Å². The van der Waals surface area contributed by atoms with E-state index in [1.807, 2.05) is 0 Å². The fraction of sp³-hybridized carbons (Fsp3) is 0.286. The summed E-state index contributed by atoms with van der Waals surface area (Å²) in [5.74, 6) is -3.01. The van der Waals surface area contributed by atoms with E-state index in [1.165, 1.54) is 0 Å². The van der Waals surface area contributed by atoms with E-state index in [2.05, 4.69) is 0 Å². The monoisotopic (exact) mass is 482 g/mol. The first-order chi connectivity index (χ1) is 15.4. The lowest BCUT2D eigenvalue weighted by Crippen LogP contribution is -2.41. The lowest BCUT2D eigenvalue weighted by Gasteiger charge is -2.36. The maximum absolute atomic E-state index is 12.9. The fourth-order valence-electron chi connectivity index (χ4n) is 3.91. The minimum Gasteiger partial charge on any atom is -0.507 e. The van der Waals surface area contributed by atoms with E-state index in [4.69, 9.17) is 21.9 Å². The quantitative estimate of drug-likeness (QED) is 0.411. The molecular formula is C21H21ClNO8P. The van der Waals surface area contributed by atoms with E-state index in [0.717, 1.165) is 12.1 Å². The molecule has 9 nitrogen and oxygen atoms in total. The van der Waals surface area contributed by atoms with Crippen molar-refractivity contribution in [3.05, 3.63) is 57.2 Å². The van der Waals surface area contributed by atoms with Crippen LogP contribution < -0.4 is 5.43 Å². The third kappa shape index (κ3) is 4.41. The molecule has 1 saturated heterocycles. The molecule has 0 spiro atoms. The van der Waals surface area contributed by atoms with E-state index in [0.29, 0.717) is 12.1 Å². The van der Waals surface area contributed by atoms with Gasteiger partial charge in [0.25, 0.3) is 0 Å². The standard InChI is InChI=1S/C21H21ClNO8P/c1-23-7-6-12(18(10-23)31-32(27,28)29)19-14(24)8-15(25)20-16(26)9-17(30-21(19)20)11-4-2-3-5-13(11)22/h2-5,8-9,12,18,24-25H,6-7,10H2,1H3,(H2,27,28,29)/t12-,18+/m0/s1/i12D. The zero-order chi connectivity index (χ0) is 24.1. The van der Waals surface area contributed by atoms with Crippen LogP contribution in [0, 0.1) is 0 Å². The van der Waals surface area contributed by atoms with Crippen molar-refractivity contribution < 1.29 is 34.9 Å². The van der Waals surface area contributed by atoms with Gasteiger partial charge in [-0.2, -0.15) is 0 Å². The summed E-state index contributed by atoms with van der Waals surface area (Å²) in [6.07, 6.45) is -1.40. The van der Waals surface area contributed by atoms with Crippen LogP contribution in [0.2, 0.25) is 5.02 Å². The summed E-state index contributed by atoms with van der Waals surface area (Å²) in [4.78, 5) is 33.5. The highest BCUT2D eigenvalue weighted by Gasteiger charge is 2.38. The van der Waals surface area contributed by atoms with Crippen molar-refractivity contribution in [1.82, 2.24) is 4.90 Å². The molecule has 4 N–H and O–H groups in total. The normalized spacial score (nSPS) is 22.8. The predicted molar refractivity (Wildman–Crippen MR) is 118 cm³/mol. The number of phosphoric ester groups is 1. The van der Waals surface area contributed by atoms with Gasteiger partial charge in [-0.3, -0.25) is 9.32 Å². The number of piperidine rings is 1. The Morgan fingerprint density at radius 1 is 1.25 bits per heavy atom. The molecule has 2 atom stereocenters. The van der Waals surface area contributed by atoms with Crippen molar-refractivity contribution in [3.8, 4) is 22.8 Å². The number of hydrogen-bond acceptors (Lipinski definition) is 7. The maximum atomic E-state index is 12.9. The number of phosphoric acid groups is 1. The Bertz CT molecular complexity index is 1340. The molecule has 3 aromatic rings. The van der Waals surface area contributed by atoms with Gasteiger partial charge in [-0.25, -0.2) is 4.57 Å². The van der Waals surface area contributed by atoms with Gasteiger partial charge in [0.2, 0.25) is 0 Å². The second-order valence-corrected chi connectivity index (χ2v) is 9.17. The van der Waals surface area contributed by atoms with Crippen LogP contribution in [0.1, 0.15) is 19.2 Å². The number of halogens is 1. The number of phenols is 2. The summed E-state index contributed by atoms with van der Waals surface area (Å²) >= 11 is 6.24. The van der Waals surface area contributed by atoms with Crippen molar-refractivity contribution in [1.29, 1.82) is 0 Å². The molecule has 1 aliphatic rings. The average molecular weight is 483 g/mol. The Balaban J connectivity index is 2.03. The molecular weight excluding hydrogens is 461 g/mol. The number of likely N-dealkylation sites (tertiary alicyclic amines) is 1. The first-order valence-electron chi connectivity index (χ1n) is 10.1. The summed E-state index contributed by atoms with van der Waals surface area (Å²) < 4.78 is 31.7. The number of likely N-dealkylation sites (N-methyl/N-ethyl adjacent to an activating group) is 1. The van der Waals surface area contributed by atoms with E-state index in [9.17, 15) is 29.4 Å². The van der Waals surface area contributed by atoms with Crippen molar-refractivity contribution in [2.24, 2.45) is 0 Å². The van der Waals surface area contributed by atoms with Gasteiger partial charge in [0, 0.05) is 37.1 Å². The molecule has 1 fully saturated rings. The summed E-state index contributed by atoms with van der Waals surface area (Å²) in [7, 11) is -3.31. The van der Waals surface area contributed by atoms with Crippen LogP contribution in [0.15, 0.2) is 45.6 Å². The number of benzene rings is 2. The zero-order valence-corrected chi connectivity index (χ0v) is 18.5. The molecule has 11 heteroatoms. The van der Waals surface area contributed by atoms with Crippen molar-refractivity contribution in [2.75, 3.05) is 20.1 Å². The lowest BCUT2D eigenvalue weighted by molar-refractivity contribution is 0.0544. The highest BCUT2D eigenvalue weighted by molar-refractivity contribution is 7.46.